The molecule has 7 nitrogen and oxygen atoms in total. The molecule has 1 saturated heterocycles. The first kappa shape index (κ1) is 14.7. The lowest BCUT2D eigenvalue weighted by Gasteiger charge is -2.35. The normalized spacial score (nSPS) is 18.8. The first-order valence-electron chi connectivity index (χ1n) is 6.13. The summed E-state index contributed by atoms with van der Waals surface area (Å²) in [4.78, 5) is 33.1. The Hall–Kier alpha value is -1.73. The van der Waals surface area contributed by atoms with Gasteiger partial charge in [-0.05, 0) is 6.92 Å². The number of carbonyl (C=O) groups excluding carboxylic acids is 2. The van der Waals surface area contributed by atoms with Crippen LogP contribution in [0, 0.1) is 6.92 Å². The summed E-state index contributed by atoms with van der Waals surface area (Å²) in [5, 5.41) is 2.66. The Labute approximate surface area is 121 Å². The van der Waals surface area contributed by atoms with Crippen molar-refractivity contribution in [3.05, 3.63) is 16.5 Å². The van der Waals surface area contributed by atoms with Crippen LogP contribution in [0.15, 0.2) is 0 Å². The second-order valence-corrected chi connectivity index (χ2v) is 4.67. The van der Waals surface area contributed by atoms with Gasteiger partial charge in [0.15, 0.2) is 6.29 Å². The highest BCUT2D eigenvalue weighted by molar-refractivity contribution is 6.32. The lowest BCUT2D eigenvalue weighted by molar-refractivity contribution is -0.124. The molecule has 1 aliphatic rings. The number of hydrogen-bond donors (Lipinski definition) is 1. The summed E-state index contributed by atoms with van der Waals surface area (Å²) >= 11 is 5.97. The number of halogens is 1. The van der Waals surface area contributed by atoms with E-state index in [1.54, 1.807) is 18.9 Å². The van der Waals surface area contributed by atoms with E-state index in [1.165, 1.54) is 0 Å². The average Bonchev–Trinajstić information content (AvgIpc) is 2.45. The predicted molar refractivity (Wildman–Crippen MR) is 73.2 cm³/mol. The van der Waals surface area contributed by atoms with Crippen LogP contribution in [0.3, 0.4) is 0 Å². The van der Waals surface area contributed by atoms with Crippen molar-refractivity contribution in [3.8, 4) is 0 Å². The van der Waals surface area contributed by atoms with Gasteiger partial charge in [0.05, 0.1) is 18.8 Å². The molecule has 20 heavy (non-hydrogen) atoms. The zero-order valence-electron chi connectivity index (χ0n) is 11.2. The molecule has 1 N–H and O–H groups in total. The standard InChI is InChI=1S/C12H15ClN4O3/c1-7-15-10(13)8(5-18)11(16-7)17-3-4-20-6-9(17)12(19)14-2/h5,9H,3-4,6H2,1-2H3,(H,14,19). The van der Waals surface area contributed by atoms with E-state index in [-0.39, 0.29) is 23.2 Å². The Morgan fingerprint density at radius 2 is 2.30 bits per heavy atom. The number of anilines is 1. The van der Waals surface area contributed by atoms with Gasteiger partial charge < -0.3 is 15.0 Å². The lowest BCUT2D eigenvalue weighted by atomic mass is 10.2. The SMILES string of the molecule is CNC(=O)C1COCCN1c1nc(C)nc(Cl)c1C=O. The number of hydrogen-bond acceptors (Lipinski definition) is 6. The minimum absolute atomic E-state index is 0.0876. The zero-order valence-corrected chi connectivity index (χ0v) is 12.0. The summed E-state index contributed by atoms with van der Waals surface area (Å²) in [6, 6.07) is -0.544. The molecule has 0 bridgehead atoms. The van der Waals surface area contributed by atoms with Crippen LogP contribution in [-0.4, -0.2) is 55.0 Å². The molecule has 0 aliphatic carbocycles. The quantitative estimate of drug-likeness (QED) is 0.634. The predicted octanol–water partition coefficient (Wildman–Crippen LogP) is 0.202. The van der Waals surface area contributed by atoms with Crippen LogP contribution in [0.1, 0.15) is 16.2 Å². The molecule has 1 aliphatic heterocycles. The van der Waals surface area contributed by atoms with Crippen molar-refractivity contribution < 1.29 is 14.3 Å². The Bertz CT molecular complexity index is 538. The molecule has 1 fully saturated rings. The fourth-order valence-electron chi connectivity index (χ4n) is 2.09. The Balaban J connectivity index is 2.47. The summed E-state index contributed by atoms with van der Waals surface area (Å²) in [6.07, 6.45) is 0.605. The second kappa shape index (κ2) is 6.15. The van der Waals surface area contributed by atoms with E-state index in [0.717, 1.165) is 0 Å². The van der Waals surface area contributed by atoms with Crippen molar-refractivity contribution in [1.29, 1.82) is 0 Å². The summed E-state index contributed by atoms with van der Waals surface area (Å²) in [5.74, 6) is 0.612. The van der Waals surface area contributed by atoms with Gasteiger partial charge >= 0.3 is 0 Å². The van der Waals surface area contributed by atoms with E-state index in [0.29, 0.717) is 31.1 Å². The number of aromatic nitrogens is 2. The van der Waals surface area contributed by atoms with E-state index in [2.05, 4.69) is 15.3 Å². The highest BCUT2D eigenvalue weighted by atomic mass is 35.5. The minimum atomic E-state index is -0.544. The Morgan fingerprint density at radius 1 is 1.55 bits per heavy atom. The lowest BCUT2D eigenvalue weighted by Crippen LogP contribution is -2.54. The van der Waals surface area contributed by atoms with Crippen LogP contribution in [0.2, 0.25) is 5.15 Å². The van der Waals surface area contributed by atoms with Crippen molar-refractivity contribution in [2.75, 3.05) is 31.7 Å². The number of rotatable bonds is 3. The number of nitrogens with one attached hydrogen (secondary N) is 1. The summed E-state index contributed by atoms with van der Waals surface area (Å²) in [5.41, 5.74) is 0.188. The molecule has 1 amide bonds. The molecule has 1 unspecified atom stereocenters. The molecule has 1 aromatic heterocycles. The van der Waals surface area contributed by atoms with Crippen LogP contribution in [-0.2, 0) is 9.53 Å². The van der Waals surface area contributed by atoms with Gasteiger partial charge in [0.1, 0.15) is 22.8 Å². The Kier molecular flexibility index (Phi) is 4.51. The van der Waals surface area contributed by atoms with E-state index in [4.69, 9.17) is 16.3 Å². The molecule has 2 rings (SSSR count). The van der Waals surface area contributed by atoms with Gasteiger partial charge in [-0.15, -0.1) is 0 Å². The molecule has 108 valence electrons. The monoisotopic (exact) mass is 298 g/mol. The topological polar surface area (TPSA) is 84.4 Å². The van der Waals surface area contributed by atoms with Crippen molar-refractivity contribution in [2.24, 2.45) is 0 Å². The van der Waals surface area contributed by atoms with Crippen LogP contribution in [0.5, 0.6) is 0 Å². The molecular formula is C12H15ClN4O3. The van der Waals surface area contributed by atoms with Gasteiger partial charge in [0.25, 0.3) is 0 Å². The molecule has 0 aromatic carbocycles. The van der Waals surface area contributed by atoms with Crippen LogP contribution >= 0.6 is 11.6 Å². The van der Waals surface area contributed by atoms with E-state index >= 15 is 0 Å². The number of amides is 1. The van der Waals surface area contributed by atoms with Gasteiger partial charge in [-0.1, -0.05) is 11.6 Å². The van der Waals surface area contributed by atoms with Gasteiger partial charge in [0.2, 0.25) is 5.91 Å². The maximum atomic E-state index is 11.9. The van der Waals surface area contributed by atoms with Crippen LogP contribution < -0.4 is 10.2 Å². The third kappa shape index (κ3) is 2.73. The number of morpholine rings is 1. The smallest absolute Gasteiger partial charge is 0.244 e. The number of aldehydes is 1. The highest BCUT2D eigenvalue weighted by Gasteiger charge is 2.32. The molecule has 1 aromatic rings. The van der Waals surface area contributed by atoms with Crippen molar-refractivity contribution in [1.82, 2.24) is 15.3 Å². The highest BCUT2D eigenvalue weighted by Crippen LogP contribution is 2.25. The van der Waals surface area contributed by atoms with Crippen molar-refractivity contribution >= 4 is 29.6 Å². The molecule has 2 heterocycles. The van der Waals surface area contributed by atoms with Gasteiger partial charge in [-0.25, -0.2) is 9.97 Å². The number of ether oxygens (including phenoxy) is 1. The van der Waals surface area contributed by atoms with E-state index in [1.807, 2.05) is 0 Å². The first-order valence-corrected chi connectivity index (χ1v) is 6.51. The molecule has 0 spiro atoms. The number of aryl methyl sites for hydroxylation is 1. The minimum Gasteiger partial charge on any atom is -0.377 e. The largest absolute Gasteiger partial charge is 0.377 e. The zero-order chi connectivity index (χ0) is 14.7. The van der Waals surface area contributed by atoms with Gasteiger partial charge in [0, 0.05) is 13.6 Å². The van der Waals surface area contributed by atoms with Crippen molar-refractivity contribution in [2.45, 2.75) is 13.0 Å². The fourth-order valence-corrected chi connectivity index (χ4v) is 2.35. The molecule has 8 heteroatoms. The van der Waals surface area contributed by atoms with Gasteiger partial charge in [-0.2, -0.15) is 0 Å². The van der Waals surface area contributed by atoms with E-state index in [9.17, 15) is 9.59 Å². The fraction of sp³-hybridized carbons (Fsp3) is 0.500. The molecule has 1 atom stereocenters. The van der Waals surface area contributed by atoms with Crippen LogP contribution in [0.4, 0.5) is 5.82 Å². The summed E-state index contributed by atoms with van der Waals surface area (Å²) in [7, 11) is 1.55. The number of likely N-dealkylation sites (N-methyl/N-ethyl adjacent to an activating group) is 1. The number of nitrogens with zero attached hydrogens (tertiary/aromatic N) is 3. The number of carbonyl (C=O) groups is 2. The molecule has 0 radical (unpaired) electrons. The van der Waals surface area contributed by atoms with Crippen LogP contribution in [0.25, 0.3) is 0 Å². The first-order chi connectivity index (χ1) is 9.58. The summed E-state index contributed by atoms with van der Waals surface area (Å²) in [6.45, 7) is 2.82. The Morgan fingerprint density at radius 3 is 2.95 bits per heavy atom. The summed E-state index contributed by atoms with van der Waals surface area (Å²) < 4.78 is 5.32. The van der Waals surface area contributed by atoms with Gasteiger partial charge in [-0.3, -0.25) is 9.59 Å². The third-order valence-corrected chi connectivity index (χ3v) is 3.35. The maximum absolute atomic E-state index is 11.9. The third-order valence-electron chi connectivity index (χ3n) is 3.06. The molecular weight excluding hydrogens is 284 g/mol. The maximum Gasteiger partial charge on any atom is 0.244 e. The average molecular weight is 299 g/mol. The second-order valence-electron chi connectivity index (χ2n) is 4.32. The van der Waals surface area contributed by atoms with E-state index < -0.39 is 6.04 Å². The molecule has 0 saturated carbocycles. The van der Waals surface area contributed by atoms with Crippen molar-refractivity contribution in [3.63, 3.8) is 0 Å².